The first-order valence-corrected chi connectivity index (χ1v) is 6.45. The maximum absolute atomic E-state index is 6.38. The lowest BCUT2D eigenvalue weighted by molar-refractivity contribution is 0.359. The van der Waals surface area contributed by atoms with Crippen LogP contribution in [0.2, 0.25) is 5.02 Å². The van der Waals surface area contributed by atoms with Gasteiger partial charge in [0.15, 0.2) is 0 Å². The zero-order chi connectivity index (χ0) is 12.1. The number of rotatable bonds is 5. The van der Waals surface area contributed by atoms with E-state index in [1.165, 1.54) is 18.4 Å². The largest absolute Gasteiger partial charge is 0.313 e. The number of benzene rings is 1. The van der Waals surface area contributed by atoms with Gasteiger partial charge in [0.1, 0.15) is 0 Å². The minimum atomic E-state index is 0.363. The smallest absolute Gasteiger partial charge is 0.0483 e. The molecule has 0 aliphatic carbocycles. The molecule has 0 bridgehead atoms. The summed E-state index contributed by atoms with van der Waals surface area (Å²) in [5, 5.41) is 4.31. The quantitative estimate of drug-likeness (QED) is 0.806. The normalized spacial score (nSPS) is 13.1. The lowest BCUT2D eigenvalue weighted by Gasteiger charge is -2.26. The van der Waals surface area contributed by atoms with Crippen molar-refractivity contribution >= 4 is 11.6 Å². The Balaban J connectivity index is 3.07. The molecule has 1 rings (SSSR count). The average molecular weight is 240 g/mol. The summed E-state index contributed by atoms with van der Waals surface area (Å²) in [4.78, 5) is 0. The molecule has 1 unspecified atom stereocenters. The summed E-state index contributed by atoms with van der Waals surface area (Å²) in [6.45, 7) is 6.54. The van der Waals surface area contributed by atoms with Crippen LogP contribution in [0.15, 0.2) is 18.2 Å². The van der Waals surface area contributed by atoms with Crippen LogP contribution < -0.4 is 5.32 Å². The zero-order valence-electron chi connectivity index (χ0n) is 10.7. The molecule has 1 aromatic carbocycles. The molecule has 16 heavy (non-hydrogen) atoms. The molecule has 0 saturated heterocycles. The minimum Gasteiger partial charge on any atom is -0.313 e. The van der Waals surface area contributed by atoms with E-state index in [4.69, 9.17) is 11.6 Å². The Bertz CT molecular complexity index is 332. The van der Waals surface area contributed by atoms with Crippen LogP contribution in [0.3, 0.4) is 0 Å². The SMILES string of the molecule is CCC(CC)C(NC)c1cccc(C)c1Cl. The molecule has 0 spiro atoms. The Morgan fingerprint density at radius 2 is 1.88 bits per heavy atom. The van der Waals surface area contributed by atoms with E-state index in [0.29, 0.717) is 12.0 Å². The van der Waals surface area contributed by atoms with Crippen molar-refractivity contribution in [1.82, 2.24) is 5.32 Å². The summed E-state index contributed by atoms with van der Waals surface area (Å²) in [7, 11) is 2.02. The van der Waals surface area contributed by atoms with E-state index >= 15 is 0 Å². The minimum absolute atomic E-state index is 0.363. The second-order valence-electron chi connectivity index (χ2n) is 4.32. The Morgan fingerprint density at radius 3 is 2.38 bits per heavy atom. The van der Waals surface area contributed by atoms with Gasteiger partial charge in [-0.3, -0.25) is 0 Å². The highest BCUT2D eigenvalue weighted by molar-refractivity contribution is 6.32. The highest BCUT2D eigenvalue weighted by Gasteiger charge is 2.21. The van der Waals surface area contributed by atoms with Gasteiger partial charge in [-0.1, -0.05) is 56.5 Å². The van der Waals surface area contributed by atoms with Crippen molar-refractivity contribution in [2.24, 2.45) is 5.92 Å². The van der Waals surface area contributed by atoms with Gasteiger partial charge in [0, 0.05) is 11.1 Å². The van der Waals surface area contributed by atoms with E-state index < -0.39 is 0 Å². The van der Waals surface area contributed by atoms with E-state index in [9.17, 15) is 0 Å². The molecule has 90 valence electrons. The van der Waals surface area contributed by atoms with E-state index in [2.05, 4.69) is 44.3 Å². The van der Waals surface area contributed by atoms with Crippen LogP contribution >= 0.6 is 11.6 Å². The highest BCUT2D eigenvalue weighted by atomic mass is 35.5. The topological polar surface area (TPSA) is 12.0 Å². The molecule has 0 aliphatic heterocycles. The fourth-order valence-electron chi connectivity index (χ4n) is 2.32. The molecule has 0 amide bonds. The van der Waals surface area contributed by atoms with Crippen LogP contribution in [0.4, 0.5) is 0 Å². The summed E-state index contributed by atoms with van der Waals surface area (Å²) in [6, 6.07) is 6.64. The summed E-state index contributed by atoms with van der Waals surface area (Å²) >= 11 is 6.38. The molecule has 0 aromatic heterocycles. The number of aryl methyl sites for hydroxylation is 1. The van der Waals surface area contributed by atoms with Crippen molar-refractivity contribution in [3.05, 3.63) is 34.3 Å². The molecule has 1 aromatic rings. The van der Waals surface area contributed by atoms with Crippen LogP contribution in [-0.4, -0.2) is 7.05 Å². The van der Waals surface area contributed by atoms with Crippen molar-refractivity contribution in [2.75, 3.05) is 7.05 Å². The molecule has 2 heteroatoms. The summed E-state index contributed by atoms with van der Waals surface area (Å²) in [5.74, 6) is 0.643. The predicted octanol–water partition coefficient (Wildman–Crippen LogP) is 4.35. The van der Waals surface area contributed by atoms with Crippen LogP contribution in [0.5, 0.6) is 0 Å². The van der Waals surface area contributed by atoms with Crippen molar-refractivity contribution in [1.29, 1.82) is 0 Å². The number of hydrogen-bond acceptors (Lipinski definition) is 1. The maximum atomic E-state index is 6.38. The molecule has 1 nitrogen and oxygen atoms in total. The zero-order valence-corrected chi connectivity index (χ0v) is 11.4. The van der Waals surface area contributed by atoms with Gasteiger partial charge in [0.25, 0.3) is 0 Å². The van der Waals surface area contributed by atoms with Crippen molar-refractivity contribution in [3.63, 3.8) is 0 Å². The van der Waals surface area contributed by atoms with Crippen molar-refractivity contribution in [2.45, 2.75) is 39.7 Å². The standard InChI is InChI=1S/C14H22ClN/c1-5-11(6-2)14(16-4)12-9-7-8-10(3)13(12)15/h7-9,11,14,16H,5-6H2,1-4H3. The Morgan fingerprint density at radius 1 is 1.25 bits per heavy atom. The second-order valence-corrected chi connectivity index (χ2v) is 4.70. The first kappa shape index (κ1) is 13.5. The molecule has 0 aliphatic rings. The van der Waals surface area contributed by atoms with Crippen LogP contribution in [0.1, 0.15) is 43.9 Å². The van der Waals surface area contributed by atoms with E-state index in [1.807, 2.05) is 7.05 Å². The lowest BCUT2D eigenvalue weighted by Crippen LogP contribution is -2.25. The fraction of sp³-hybridized carbons (Fsp3) is 0.571. The maximum Gasteiger partial charge on any atom is 0.0483 e. The molecular weight excluding hydrogens is 218 g/mol. The van der Waals surface area contributed by atoms with Gasteiger partial charge >= 0.3 is 0 Å². The third-order valence-electron chi connectivity index (χ3n) is 3.39. The van der Waals surface area contributed by atoms with Crippen LogP contribution in [0.25, 0.3) is 0 Å². The predicted molar refractivity (Wildman–Crippen MR) is 72.1 cm³/mol. The number of halogens is 1. The Kier molecular flexibility index (Phi) is 5.30. The molecule has 1 N–H and O–H groups in total. The fourth-order valence-corrected chi connectivity index (χ4v) is 2.56. The highest BCUT2D eigenvalue weighted by Crippen LogP contribution is 2.33. The number of hydrogen-bond donors (Lipinski definition) is 1. The molecular formula is C14H22ClN. The molecule has 0 fully saturated rings. The lowest BCUT2D eigenvalue weighted by atomic mass is 9.88. The van der Waals surface area contributed by atoms with E-state index in [0.717, 1.165) is 10.6 Å². The van der Waals surface area contributed by atoms with Crippen molar-refractivity contribution < 1.29 is 0 Å². The van der Waals surface area contributed by atoms with Gasteiger partial charge in [-0.25, -0.2) is 0 Å². The first-order valence-electron chi connectivity index (χ1n) is 6.07. The van der Waals surface area contributed by atoms with E-state index in [1.54, 1.807) is 0 Å². The monoisotopic (exact) mass is 239 g/mol. The molecule has 1 atom stereocenters. The van der Waals surface area contributed by atoms with Crippen LogP contribution in [0, 0.1) is 12.8 Å². The molecule has 0 saturated carbocycles. The Labute approximate surface area is 104 Å². The first-order chi connectivity index (χ1) is 7.65. The van der Waals surface area contributed by atoms with Gasteiger partial charge in [0.05, 0.1) is 0 Å². The third-order valence-corrected chi connectivity index (χ3v) is 3.90. The third kappa shape index (κ3) is 2.78. The van der Waals surface area contributed by atoms with Crippen LogP contribution in [-0.2, 0) is 0 Å². The second kappa shape index (κ2) is 6.27. The van der Waals surface area contributed by atoms with Gasteiger partial charge in [-0.05, 0) is 31.0 Å². The molecule has 0 heterocycles. The summed E-state index contributed by atoms with van der Waals surface area (Å²) < 4.78 is 0. The Hall–Kier alpha value is -0.530. The molecule has 0 radical (unpaired) electrons. The van der Waals surface area contributed by atoms with E-state index in [-0.39, 0.29) is 0 Å². The average Bonchev–Trinajstić information content (AvgIpc) is 2.30. The van der Waals surface area contributed by atoms with Gasteiger partial charge < -0.3 is 5.32 Å². The summed E-state index contributed by atoms with van der Waals surface area (Å²) in [6.07, 6.45) is 2.35. The van der Waals surface area contributed by atoms with Gasteiger partial charge in [-0.15, -0.1) is 0 Å². The van der Waals surface area contributed by atoms with Crippen molar-refractivity contribution in [3.8, 4) is 0 Å². The summed E-state index contributed by atoms with van der Waals surface area (Å²) in [5.41, 5.74) is 2.39. The van der Waals surface area contributed by atoms with Gasteiger partial charge in [0.2, 0.25) is 0 Å². The number of nitrogens with one attached hydrogen (secondary N) is 1. The van der Waals surface area contributed by atoms with Gasteiger partial charge in [-0.2, -0.15) is 0 Å².